The summed E-state index contributed by atoms with van der Waals surface area (Å²) in [7, 11) is 0. The second-order valence-electron chi connectivity index (χ2n) is 3.84. The Hall–Kier alpha value is -0.0400. The molecule has 1 atom stereocenters. The maximum Gasteiger partial charge on any atom is 0.0552 e. The first-order chi connectivity index (χ1) is 5.22. The van der Waals surface area contributed by atoms with Gasteiger partial charge in [0.15, 0.2) is 0 Å². The molecule has 1 heterocycles. The average Bonchev–Trinajstić information content (AvgIpc) is 2.04. The van der Waals surface area contributed by atoms with Crippen LogP contribution in [0.2, 0.25) is 0 Å². The topological polar surface area (TPSA) is 9.23 Å². The second kappa shape index (κ2) is 3.57. The monoisotopic (exact) mass is 156 g/mol. The smallest absolute Gasteiger partial charge is 0.0552 e. The lowest BCUT2D eigenvalue weighted by molar-refractivity contribution is -0.0422. The van der Waals surface area contributed by atoms with Crippen molar-refractivity contribution in [2.75, 3.05) is 6.61 Å². The Bertz CT molecular complexity index is 116. The molecule has 0 saturated carbocycles. The fraction of sp³-hybridized carbons (Fsp3) is 1.00. The molecular formula is C10H20O. The van der Waals surface area contributed by atoms with Crippen LogP contribution in [0.5, 0.6) is 0 Å². The second-order valence-corrected chi connectivity index (χ2v) is 3.84. The zero-order valence-electron chi connectivity index (χ0n) is 8.02. The van der Waals surface area contributed by atoms with E-state index < -0.39 is 0 Å². The summed E-state index contributed by atoms with van der Waals surface area (Å²) in [6.45, 7) is 7.78. The quantitative estimate of drug-likeness (QED) is 0.597. The zero-order chi connectivity index (χ0) is 8.32. The van der Waals surface area contributed by atoms with Gasteiger partial charge in [-0.3, -0.25) is 0 Å². The lowest BCUT2D eigenvalue weighted by Crippen LogP contribution is -2.32. The minimum atomic E-state index is 0.489. The number of hydrogen-bond donors (Lipinski definition) is 0. The third-order valence-electron chi connectivity index (χ3n) is 3.26. The van der Waals surface area contributed by atoms with Gasteiger partial charge in [-0.15, -0.1) is 0 Å². The number of hydrogen-bond acceptors (Lipinski definition) is 1. The van der Waals surface area contributed by atoms with E-state index in [1.54, 1.807) is 0 Å². The molecule has 66 valence electrons. The summed E-state index contributed by atoms with van der Waals surface area (Å²) in [5.74, 6) is 0. The molecule has 0 aromatic heterocycles. The van der Waals surface area contributed by atoms with Gasteiger partial charge in [-0.05, 0) is 25.2 Å². The van der Waals surface area contributed by atoms with Crippen LogP contribution in [0, 0.1) is 5.41 Å². The molecule has 0 spiro atoms. The molecule has 0 N–H and O–H groups in total. The number of ether oxygens (including phenoxy) is 1. The first kappa shape index (κ1) is 9.05. The van der Waals surface area contributed by atoms with Crippen molar-refractivity contribution in [2.45, 2.75) is 52.6 Å². The van der Waals surface area contributed by atoms with Gasteiger partial charge in [0.05, 0.1) is 6.10 Å². The molecule has 0 radical (unpaired) electrons. The van der Waals surface area contributed by atoms with E-state index in [0.717, 1.165) is 6.61 Å². The normalized spacial score (nSPS) is 30.3. The Labute approximate surface area is 70.1 Å². The molecule has 1 saturated heterocycles. The summed E-state index contributed by atoms with van der Waals surface area (Å²) in [6, 6.07) is 0. The summed E-state index contributed by atoms with van der Waals surface area (Å²) in [5.41, 5.74) is 0.609. The Kier molecular flexibility index (Phi) is 2.94. The van der Waals surface area contributed by atoms with Crippen LogP contribution in [0.3, 0.4) is 0 Å². The molecule has 0 aromatic carbocycles. The van der Waals surface area contributed by atoms with Gasteiger partial charge in [0.2, 0.25) is 0 Å². The Morgan fingerprint density at radius 1 is 1.36 bits per heavy atom. The Balaban J connectivity index is 2.52. The van der Waals surface area contributed by atoms with Crippen molar-refractivity contribution in [3.05, 3.63) is 0 Å². The summed E-state index contributed by atoms with van der Waals surface area (Å²) in [4.78, 5) is 0. The van der Waals surface area contributed by atoms with Crippen molar-refractivity contribution in [1.82, 2.24) is 0 Å². The first-order valence-corrected chi connectivity index (χ1v) is 4.84. The third kappa shape index (κ3) is 1.96. The molecule has 11 heavy (non-hydrogen) atoms. The molecule has 1 aliphatic heterocycles. The fourth-order valence-electron chi connectivity index (χ4n) is 2.14. The molecule has 0 amide bonds. The summed E-state index contributed by atoms with van der Waals surface area (Å²) in [6.07, 6.45) is 5.65. The highest BCUT2D eigenvalue weighted by atomic mass is 16.5. The van der Waals surface area contributed by atoms with E-state index in [1.165, 1.54) is 25.7 Å². The van der Waals surface area contributed by atoms with Gasteiger partial charge >= 0.3 is 0 Å². The van der Waals surface area contributed by atoms with E-state index >= 15 is 0 Å². The molecular weight excluding hydrogens is 136 g/mol. The maximum absolute atomic E-state index is 5.54. The van der Waals surface area contributed by atoms with E-state index in [-0.39, 0.29) is 0 Å². The lowest BCUT2D eigenvalue weighted by Gasteiger charge is -2.38. The van der Waals surface area contributed by atoms with Crippen LogP contribution in [0.25, 0.3) is 0 Å². The van der Waals surface area contributed by atoms with Gasteiger partial charge < -0.3 is 4.74 Å². The van der Waals surface area contributed by atoms with Crippen molar-refractivity contribution < 1.29 is 4.74 Å². The Morgan fingerprint density at radius 3 is 2.36 bits per heavy atom. The molecule has 0 aliphatic carbocycles. The third-order valence-corrected chi connectivity index (χ3v) is 3.26. The highest BCUT2D eigenvalue weighted by Gasteiger charge is 2.31. The van der Waals surface area contributed by atoms with E-state index in [4.69, 9.17) is 4.74 Å². The van der Waals surface area contributed by atoms with Crippen molar-refractivity contribution in [3.8, 4) is 0 Å². The van der Waals surface area contributed by atoms with Crippen LogP contribution in [0.15, 0.2) is 0 Å². The Morgan fingerprint density at radius 2 is 2.00 bits per heavy atom. The molecule has 1 heteroatoms. The van der Waals surface area contributed by atoms with Crippen LogP contribution < -0.4 is 0 Å². The van der Waals surface area contributed by atoms with Gasteiger partial charge in [0, 0.05) is 6.61 Å². The standard InChI is InChI=1S/C10H20O/c1-4-10(5-2)6-7-11-9(3)8-10/h9H,4-8H2,1-3H3. The predicted octanol–water partition coefficient (Wildman–Crippen LogP) is 2.99. The summed E-state index contributed by atoms with van der Waals surface area (Å²) < 4.78 is 5.54. The van der Waals surface area contributed by atoms with E-state index in [1.807, 2.05) is 0 Å². The van der Waals surface area contributed by atoms with Crippen LogP contribution in [-0.2, 0) is 4.74 Å². The van der Waals surface area contributed by atoms with Gasteiger partial charge in [0.25, 0.3) is 0 Å². The van der Waals surface area contributed by atoms with Crippen molar-refractivity contribution in [1.29, 1.82) is 0 Å². The highest BCUT2D eigenvalue weighted by molar-refractivity contribution is 4.82. The van der Waals surface area contributed by atoms with E-state index in [9.17, 15) is 0 Å². The lowest BCUT2D eigenvalue weighted by atomic mass is 9.74. The van der Waals surface area contributed by atoms with Crippen LogP contribution in [-0.4, -0.2) is 12.7 Å². The SMILES string of the molecule is CCC1(CC)CCOC(C)C1. The van der Waals surface area contributed by atoms with Crippen molar-refractivity contribution >= 4 is 0 Å². The van der Waals surface area contributed by atoms with Crippen LogP contribution in [0.4, 0.5) is 0 Å². The minimum Gasteiger partial charge on any atom is -0.378 e. The number of rotatable bonds is 2. The van der Waals surface area contributed by atoms with E-state index in [0.29, 0.717) is 11.5 Å². The largest absolute Gasteiger partial charge is 0.378 e. The molecule has 0 bridgehead atoms. The van der Waals surface area contributed by atoms with E-state index in [2.05, 4.69) is 20.8 Å². The van der Waals surface area contributed by atoms with Crippen LogP contribution in [0.1, 0.15) is 46.5 Å². The molecule has 1 aliphatic rings. The van der Waals surface area contributed by atoms with Crippen LogP contribution >= 0.6 is 0 Å². The fourth-order valence-corrected chi connectivity index (χ4v) is 2.14. The minimum absolute atomic E-state index is 0.489. The molecule has 1 fully saturated rings. The van der Waals surface area contributed by atoms with Gasteiger partial charge in [-0.1, -0.05) is 26.7 Å². The summed E-state index contributed by atoms with van der Waals surface area (Å²) in [5, 5.41) is 0. The zero-order valence-corrected chi connectivity index (χ0v) is 8.02. The molecule has 1 unspecified atom stereocenters. The maximum atomic E-state index is 5.54. The molecule has 0 aromatic rings. The van der Waals surface area contributed by atoms with Crippen molar-refractivity contribution in [3.63, 3.8) is 0 Å². The van der Waals surface area contributed by atoms with Gasteiger partial charge in [-0.25, -0.2) is 0 Å². The predicted molar refractivity (Wildman–Crippen MR) is 47.7 cm³/mol. The van der Waals surface area contributed by atoms with Crippen molar-refractivity contribution in [2.24, 2.45) is 5.41 Å². The van der Waals surface area contributed by atoms with Gasteiger partial charge in [0.1, 0.15) is 0 Å². The first-order valence-electron chi connectivity index (χ1n) is 4.84. The molecule has 1 rings (SSSR count). The highest BCUT2D eigenvalue weighted by Crippen LogP contribution is 2.39. The molecule has 1 nitrogen and oxygen atoms in total. The van der Waals surface area contributed by atoms with Gasteiger partial charge in [-0.2, -0.15) is 0 Å². The summed E-state index contributed by atoms with van der Waals surface area (Å²) >= 11 is 0. The average molecular weight is 156 g/mol.